The molecule has 2 rings (SSSR count). The van der Waals surface area contributed by atoms with Crippen LogP contribution in [0.4, 0.5) is 0 Å². The molecule has 0 fully saturated rings. The molecule has 1 amide bonds. The summed E-state index contributed by atoms with van der Waals surface area (Å²) in [5, 5.41) is 3.56. The van der Waals surface area contributed by atoms with Gasteiger partial charge in [-0.05, 0) is 0 Å². The summed E-state index contributed by atoms with van der Waals surface area (Å²) in [6, 6.07) is 16.0. The third-order valence-electron chi connectivity index (χ3n) is 6.64. The molecule has 2 aromatic rings. The summed E-state index contributed by atoms with van der Waals surface area (Å²) in [4.78, 5) is 19.9. The molecule has 0 aliphatic carbocycles. The molecule has 7 heteroatoms. The molecule has 0 saturated carbocycles. The number of sulfone groups is 1. The minimum absolute atomic E-state index is 0.00682. The SMILES string of the molecule is CCCCCCCCN(C(=O)CC)N(C)CCS(=O)(=O)c1ccc(-c2ccccc2)c[c]1[Sn]([CH3])([CH3])[CH3]. The summed E-state index contributed by atoms with van der Waals surface area (Å²) < 4.78 is 28.2. The standard InChI is InChI=1S/C26H37N2O3S.3CH3.Sn/c1-4-6-7-8-9-13-20-28(26(29)5-2)27(3)21-22-32(30,31)25-18-16-24(17-19-25)23-14-11-10-12-15-23;;;;/h10-12,14-18H,4-9,13,20-22H2,1-3H3;3*1H3;. The van der Waals surface area contributed by atoms with Crippen LogP contribution in [0.2, 0.25) is 14.8 Å². The number of carbonyl (C=O) groups excluding carboxylic acids is 1. The average Bonchev–Trinajstić information content (AvgIpc) is 2.86. The van der Waals surface area contributed by atoms with Crippen molar-refractivity contribution < 1.29 is 13.2 Å². The van der Waals surface area contributed by atoms with Gasteiger partial charge in [-0.2, -0.15) is 0 Å². The molecule has 36 heavy (non-hydrogen) atoms. The second-order valence-electron chi connectivity index (χ2n) is 10.7. The Morgan fingerprint density at radius 1 is 0.833 bits per heavy atom. The molecular weight excluding hydrogens is 575 g/mol. The van der Waals surface area contributed by atoms with Crippen LogP contribution in [-0.2, 0) is 14.6 Å². The van der Waals surface area contributed by atoms with Gasteiger partial charge in [0.1, 0.15) is 0 Å². The maximum absolute atomic E-state index is 13.6. The van der Waals surface area contributed by atoms with Crippen LogP contribution in [0.5, 0.6) is 0 Å². The van der Waals surface area contributed by atoms with E-state index in [0.717, 1.165) is 27.5 Å². The first-order chi connectivity index (χ1) is 17.0. The Morgan fingerprint density at radius 3 is 2.08 bits per heavy atom. The fourth-order valence-electron chi connectivity index (χ4n) is 4.39. The zero-order valence-electron chi connectivity index (χ0n) is 23.2. The molecule has 0 unspecified atom stereocenters. The normalized spacial score (nSPS) is 12.2. The van der Waals surface area contributed by atoms with Crippen LogP contribution in [-0.4, -0.2) is 68.6 Å². The second-order valence-corrected chi connectivity index (χ2v) is 27.1. The van der Waals surface area contributed by atoms with Crippen molar-refractivity contribution in [1.82, 2.24) is 10.0 Å². The molecule has 5 nitrogen and oxygen atoms in total. The summed E-state index contributed by atoms with van der Waals surface area (Å²) in [6.07, 6.45) is 7.33. The summed E-state index contributed by atoms with van der Waals surface area (Å²) in [6.45, 7) is 5.00. The van der Waals surface area contributed by atoms with Gasteiger partial charge in [-0.3, -0.25) is 0 Å². The van der Waals surface area contributed by atoms with E-state index in [2.05, 4.69) is 39.9 Å². The van der Waals surface area contributed by atoms with Gasteiger partial charge >= 0.3 is 205 Å². The van der Waals surface area contributed by atoms with Crippen LogP contribution < -0.4 is 3.58 Å². The first kappa shape index (κ1) is 30.8. The van der Waals surface area contributed by atoms with Gasteiger partial charge in [-0.15, -0.1) is 0 Å². The van der Waals surface area contributed by atoms with E-state index >= 15 is 0 Å². The second kappa shape index (κ2) is 14.5. The molecule has 0 aromatic heterocycles. The topological polar surface area (TPSA) is 57.7 Å². The molecule has 0 heterocycles. The summed E-state index contributed by atoms with van der Waals surface area (Å²) in [7, 11) is -1.66. The number of amides is 1. The molecule has 0 N–H and O–H groups in total. The van der Waals surface area contributed by atoms with Crippen molar-refractivity contribution in [3.63, 3.8) is 0 Å². The number of carbonyl (C=O) groups is 1. The number of hydrazine groups is 1. The van der Waals surface area contributed by atoms with Crippen molar-refractivity contribution in [3.8, 4) is 11.1 Å². The Balaban J connectivity index is 2.16. The van der Waals surface area contributed by atoms with Gasteiger partial charge < -0.3 is 0 Å². The number of rotatable bonds is 15. The monoisotopic (exact) mass is 622 g/mol. The molecule has 0 aliphatic rings. The Kier molecular flexibility index (Phi) is 12.4. The van der Waals surface area contributed by atoms with Crippen molar-refractivity contribution in [3.05, 3.63) is 48.5 Å². The van der Waals surface area contributed by atoms with E-state index in [-0.39, 0.29) is 11.7 Å². The van der Waals surface area contributed by atoms with Crippen LogP contribution in [0.15, 0.2) is 53.4 Å². The Morgan fingerprint density at radius 2 is 1.47 bits per heavy atom. The van der Waals surface area contributed by atoms with Crippen LogP contribution in [0.1, 0.15) is 58.8 Å². The van der Waals surface area contributed by atoms with E-state index in [9.17, 15) is 13.2 Å². The number of hydrogen-bond donors (Lipinski definition) is 0. The summed E-state index contributed by atoms with van der Waals surface area (Å²) in [5.74, 6) is 0.0369. The molecule has 0 saturated heterocycles. The van der Waals surface area contributed by atoms with E-state index in [1.165, 1.54) is 25.7 Å². The first-order valence-corrected chi connectivity index (χ1v) is 25.1. The van der Waals surface area contributed by atoms with Gasteiger partial charge in [0.05, 0.1) is 0 Å². The third-order valence-corrected chi connectivity index (χ3v) is 14.7. The zero-order valence-corrected chi connectivity index (χ0v) is 26.9. The Hall–Kier alpha value is -1.38. The molecule has 0 radical (unpaired) electrons. The molecule has 2 aromatic carbocycles. The fourth-order valence-corrected chi connectivity index (χ4v) is 13.2. The van der Waals surface area contributed by atoms with Crippen LogP contribution in [0.3, 0.4) is 0 Å². The zero-order chi connectivity index (χ0) is 26.8. The van der Waals surface area contributed by atoms with Gasteiger partial charge in [-0.25, -0.2) is 0 Å². The minimum atomic E-state index is -3.50. The fraction of sp³-hybridized carbons (Fsp3) is 0.552. The molecule has 200 valence electrons. The van der Waals surface area contributed by atoms with Crippen molar-refractivity contribution in [2.45, 2.75) is 78.5 Å². The van der Waals surface area contributed by atoms with Crippen LogP contribution in [0, 0.1) is 0 Å². The molecule has 0 spiro atoms. The van der Waals surface area contributed by atoms with Crippen molar-refractivity contribution >= 4 is 37.7 Å². The number of unbranched alkanes of at least 4 members (excludes halogenated alkanes) is 5. The first-order valence-electron chi connectivity index (χ1n) is 13.5. The van der Waals surface area contributed by atoms with E-state index in [1.54, 1.807) is 11.1 Å². The molecular formula is C29H46N2O3SSn. The quantitative estimate of drug-likeness (QED) is 0.137. The van der Waals surface area contributed by atoms with Gasteiger partial charge in [0.2, 0.25) is 0 Å². The van der Waals surface area contributed by atoms with E-state index < -0.39 is 28.2 Å². The van der Waals surface area contributed by atoms with Crippen molar-refractivity contribution in [2.75, 3.05) is 25.9 Å². The van der Waals surface area contributed by atoms with Gasteiger partial charge in [0.25, 0.3) is 0 Å². The predicted molar refractivity (Wildman–Crippen MR) is 155 cm³/mol. The van der Waals surface area contributed by atoms with Crippen LogP contribution in [0.25, 0.3) is 11.1 Å². The summed E-state index contributed by atoms with van der Waals surface area (Å²) in [5.41, 5.74) is 2.16. The van der Waals surface area contributed by atoms with Crippen molar-refractivity contribution in [2.24, 2.45) is 0 Å². The summed E-state index contributed by atoms with van der Waals surface area (Å²) >= 11 is -2.77. The number of benzene rings is 2. The van der Waals surface area contributed by atoms with Crippen LogP contribution >= 0.6 is 0 Å². The number of nitrogens with zero attached hydrogens (tertiary/aromatic N) is 2. The van der Waals surface area contributed by atoms with E-state index in [1.807, 2.05) is 43.2 Å². The molecule has 0 aliphatic heterocycles. The third kappa shape index (κ3) is 9.17. The van der Waals surface area contributed by atoms with Gasteiger partial charge in [0.15, 0.2) is 0 Å². The maximum atomic E-state index is 13.6. The number of hydrogen-bond acceptors (Lipinski definition) is 4. The van der Waals surface area contributed by atoms with E-state index in [0.29, 0.717) is 24.4 Å². The predicted octanol–water partition coefficient (Wildman–Crippen LogP) is 6.12. The van der Waals surface area contributed by atoms with Gasteiger partial charge in [0, 0.05) is 0 Å². The van der Waals surface area contributed by atoms with Gasteiger partial charge in [-0.1, -0.05) is 19.8 Å². The Bertz CT molecular complexity index is 1070. The van der Waals surface area contributed by atoms with Crippen molar-refractivity contribution in [1.29, 1.82) is 0 Å². The average molecular weight is 621 g/mol. The Labute approximate surface area is 224 Å². The molecule has 0 bridgehead atoms. The molecule has 0 atom stereocenters. The van der Waals surface area contributed by atoms with E-state index in [4.69, 9.17) is 0 Å².